The first kappa shape index (κ1) is 16.5. The number of carbonyl (C=O) groups excluding carboxylic acids is 2. The Hall–Kier alpha value is -3.40. The number of ether oxygens (including phenoxy) is 1. The van der Waals surface area contributed by atoms with Gasteiger partial charge in [0.15, 0.2) is 6.61 Å². The van der Waals surface area contributed by atoms with Gasteiger partial charge in [-0.2, -0.15) is 0 Å². The van der Waals surface area contributed by atoms with Gasteiger partial charge in [0, 0.05) is 5.69 Å². The molecule has 0 radical (unpaired) electrons. The second kappa shape index (κ2) is 7.93. The van der Waals surface area contributed by atoms with E-state index in [0.717, 1.165) is 11.1 Å². The van der Waals surface area contributed by atoms with Crippen molar-refractivity contribution in [3.8, 4) is 11.1 Å². The molecule has 0 bridgehead atoms. The first-order valence-corrected chi connectivity index (χ1v) is 7.90. The molecule has 3 rings (SSSR count). The lowest BCUT2D eigenvalue weighted by molar-refractivity contribution is -0.119. The number of hydrogen-bond acceptors (Lipinski definition) is 3. The third-order valence-electron chi connectivity index (χ3n) is 3.62. The van der Waals surface area contributed by atoms with Gasteiger partial charge in [0.25, 0.3) is 5.91 Å². The van der Waals surface area contributed by atoms with Crippen LogP contribution in [0, 0.1) is 0 Å². The minimum absolute atomic E-state index is 0.325. The Morgan fingerprint density at radius 2 is 1.28 bits per heavy atom. The molecule has 4 heteroatoms. The summed E-state index contributed by atoms with van der Waals surface area (Å²) >= 11 is 0. The molecular weight excluding hydrogens is 314 g/mol. The SMILES string of the molecule is O=C(COC(=O)c1ccccc1)Nc1ccc(-c2ccccc2)cc1. The van der Waals surface area contributed by atoms with Gasteiger partial charge in [-0.05, 0) is 35.4 Å². The van der Waals surface area contributed by atoms with Gasteiger partial charge in [-0.3, -0.25) is 4.79 Å². The molecule has 0 saturated heterocycles. The second-order valence-corrected chi connectivity index (χ2v) is 5.43. The molecule has 3 aromatic carbocycles. The highest BCUT2D eigenvalue weighted by atomic mass is 16.5. The van der Waals surface area contributed by atoms with Crippen LogP contribution in [0.1, 0.15) is 10.4 Å². The van der Waals surface area contributed by atoms with Crippen molar-refractivity contribution in [3.05, 3.63) is 90.5 Å². The number of carbonyl (C=O) groups is 2. The predicted octanol–water partition coefficient (Wildman–Crippen LogP) is 4.15. The average Bonchev–Trinajstić information content (AvgIpc) is 2.68. The smallest absolute Gasteiger partial charge is 0.338 e. The van der Waals surface area contributed by atoms with Crippen LogP contribution in [0.5, 0.6) is 0 Å². The number of benzene rings is 3. The van der Waals surface area contributed by atoms with Crippen molar-refractivity contribution in [2.45, 2.75) is 0 Å². The summed E-state index contributed by atoms with van der Waals surface area (Å²) in [5.74, 6) is -0.896. The molecule has 0 aliphatic rings. The number of esters is 1. The van der Waals surface area contributed by atoms with Gasteiger partial charge < -0.3 is 10.1 Å². The fraction of sp³-hybridized carbons (Fsp3) is 0.0476. The summed E-state index contributed by atoms with van der Waals surface area (Å²) < 4.78 is 5.00. The molecule has 0 unspecified atom stereocenters. The number of rotatable bonds is 5. The van der Waals surface area contributed by atoms with Crippen LogP contribution in [0.4, 0.5) is 5.69 Å². The normalized spacial score (nSPS) is 10.1. The number of hydrogen-bond donors (Lipinski definition) is 1. The molecule has 0 spiro atoms. The van der Waals surface area contributed by atoms with Crippen molar-refractivity contribution in [2.24, 2.45) is 0 Å². The highest BCUT2D eigenvalue weighted by Gasteiger charge is 2.09. The minimum atomic E-state index is -0.518. The molecule has 0 aliphatic carbocycles. The van der Waals surface area contributed by atoms with Crippen LogP contribution in [0.15, 0.2) is 84.9 Å². The maximum absolute atomic E-state index is 11.9. The summed E-state index contributed by atoms with van der Waals surface area (Å²) in [4.78, 5) is 23.7. The lowest BCUT2D eigenvalue weighted by Gasteiger charge is -2.08. The van der Waals surface area contributed by atoms with Crippen LogP contribution in [-0.4, -0.2) is 18.5 Å². The zero-order chi connectivity index (χ0) is 17.5. The quantitative estimate of drug-likeness (QED) is 0.715. The molecule has 25 heavy (non-hydrogen) atoms. The van der Waals surface area contributed by atoms with Crippen molar-refractivity contribution >= 4 is 17.6 Å². The van der Waals surface area contributed by atoms with E-state index < -0.39 is 5.97 Å². The molecule has 0 fully saturated rings. The number of amides is 1. The molecule has 3 aromatic rings. The van der Waals surface area contributed by atoms with Crippen molar-refractivity contribution in [1.82, 2.24) is 0 Å². The van der Waals surface area contributed by atoms with Gasteiger partial charge in [0.2, 0.25) is 0 Å². The summed E-state index contributed by atoms with van der Waals surface area (Å²) in [6.07, 6.45) is 0. The average molecular weight is 331 g/mol. The number of anilines is 1. The minimum Gasteiger partial charge on any atom is -0.452 e. The van der Waals surface area contributed by atoms with Crippen LogP contribution < -0.4 is 5.32 Å². The highest BCUT2D eigenvalue weighted by molar-refractivity contribution is 5.95. The molecule has 124 valence electrons. The maximum Gasteiger partial charge on any atom is 0.338 e. The van der Waals surface area contributed by atoms with Crippen molar-refractivity contribution < 1.29 is 14.3 Å². The zero-order valence-electron chi connectivity index (χ0n) is 13.5. The molecule has 1 amide bonds. The molecule has 4 nitrogen and oxygen atoms in total. The monoisotopic (exact) mass is 331 g/mol. The summed E-state index contributed by atoms with van der Waals surface area (Å²) in [7, 11) is 0. The van der Waals surface area contributed by atoms with Crippen LogP contribution in [-0.2, 0) is 9.53 Å². The standard InChI is InChI=1S/C21H17NO3/c23-20(15-25-21(24)18-9-5-2-6-10-18)22-19-13-11-17(12-14-19)16-7-3-1-4-8-16/h1-14H,15H2,(H,22,23). The van der Waals surface area contributed by atoms with Crippen LogP contribution >= 0.6 is 0 Å². The van der Waals surface area contributed by atoms with Gasteiger partial charge >= 0.3 is 5.97 Å². The lowest BCUT2D eigenvalue weighted by atomic mass is 10.1. The molecule has 0 aliphatic heterocycles. The Bertz CT molecular complexity index is 843. The zero-order valence-corrected chi connectivity index (χ0v) is 13.5. The molecular formula is C21H17NO3. The van der Waals surface area contributed by atoms with E-state index >= 15 is 0 Å². The van der Waals surface area contributed by atoms with E-state index in [1.807, 2.05) is 60.7 Å². The van der Waals surface area contributed by atoms with Gasteiger partial charge in [-0.1, -0.05) is 60.7 Å². The summed E-state index contributed by atoms with van der Waals surface area (Å²) in [5.41, 5.74) is 3.24. The summed E-state index contributed by atoms with van der Waals surface area (Å²) in [5, 5.41) is 2.71. The van der Waals surface area contributed by atoms with Crippen LogP contribution in [0.25, 0.3) is 11.1 Å². The van der Waals surface area contributed by atoms with E-state index in [1.54, 1.807) is 24.3 Å². The fourth-order valence-electron chi connectivity index (χ4n) is 2.36. The second-order valence-electron chi connectivity index (χ2n) is 5.43. The van der Waals surface area contributed by atoms with Crippen molar-refractivity contribution in [2.75, 3.05) is 11.9 Å². The van der Waals surface area contributed by atoms with E-state index in [9.17, 15) is 9.59 Å². The van der Waals surface area contributed by atoms with E-state index in [4.69, 9.17) is 4.74 Å². The van der Waals surface area contributed by atoms with Crippen LogP contribution in [0.2, 0.25) is 0 Å². The highest BCUT2D eigenvalue weighted by Crippen LogP contribution is 2.20. The summed E-state index contributed by atoms with van der Waals surface area (Å²) in [6, 6.07) is 26.0. The Labute approximate surface area is 146 Å². The Morgan fingerprint density at radius 3 is 1.92 bits per heavy atom. The fourth-order valence-corrected chi connectivity index (χ4v) is 2.36. The van der Waals surface area contributed by atoms with E-state index in [-0.39, 0.29) is 12.5 Å². The van der Waals surface area contributed by atoms with Crippen LogP contribution in [0.3, 0.4) is 0 Å². The van der Waals surface area contributed by atoms with E-state index in [0.29, 0.717) is 11.3 Å². The Morgan fingerprint density at radius 1 is 0.720 bits per heavy atom. The van der Waals surface area contributed by atoms with E-state index in [1.165, 1.54) is 0 Å². The molecule has 0 aromatic heterocycles. The van der Waals surface area contributed by atoms with Crippen molar-refractivity contribution in [3.63, 3.8) is 0 Å². The third-order valence-corrected chi connectivity index (χ3v) is 3.62. The Kier molecular flexibility index (Phi) is 5.22. The lowest BCUT2D eigenvalue weighted by Crippen LogP contribution is -2.20. The van der Waals surface area contributed by atoms with Gasteiger partial charge in [-0.25, -0.2) is 4.79 Å². The molecule has 1 N–H and O–H groups in total. The van der Waals surface area contributed by atoms with Gasteiger partial charge in [0.1, 0.15) is 0 Å². The number of nitrogens with one attached hydrogen (secondary N) is 1. The van der Waals surface area contributed by atoms with Crippen molar-refractivity contribution in [1.29, 1.82) is 0 Å². The largest absolute Gasteiger partial charge is 0.452 e. The van der Waals surface area contributed by atoms with Gasteiger partial charge in [0.05, 0.1) is 5.56 Å². The molecule has 0 heterocycles. The Balaban J connectivity index is 1.54. The summed E-state index contributed by atoms with van der Waals surface area (Å²) in [6.45, 7) is -0.325. The topological polar surface area (TPSA) is 55.4 Å². The molecule has 0 saturated carbocycles. The van der Waals surface area contributed by atoms with E-state index in [2.05, 4.69) is 5.32 Å². The molecule has 0 atom stereocenters. The third kappa shape index (κ3) is 4.54. The first-order chi connectivity index (χ1) is 12.2. The van der Waals surface area contributed by atoms with Gasteiger partial charge in [-0.15, -0.1) is 0 Å². The first-order valence-electron chi connectivity index (χ1n) is 7.90. The maximum atomic E-state index is 11.9. The predicted molar refractivity (Wildman–Crippen MR) is 97.2 cm³/mol.